The summed E-state index contributed by atoms with van der Waals surface area (Å²) in [5.41, 5.74) is 0. The lowest BCUT2D eigenvalue weighted by atomic mass is 10.3. The summed E-state index contributed by atoms with van der Waals surface area (Å²) in [5, 5.41) is 4.58. The number of amides is 1. The molecule has 1 heterocycles. The Morgan fingerprint density at radius 2 is 2.50 bits per heavy atom. The van der Waals surface area contributed by atoms with Gasteiger partial charge in [-0.3, -0.25) is 4.79 Å². The molecule has 0 bridgehead atoms. The van der Waals surface area contributed by atoms with Gasteiger partial charge in [0.25, 0.3) is 0 Å². The number of hydrogen-bond acceptors (Lipinski definition) is 3. The van der Waals surface area contributed by atoms with Crippen LogP contribution in [0.4, 0.5) is 5.13 Å². The van der Waals surface area contributed by atoms with E-state index in [1.807, 2.05) is 13.1 Å². The van der Waals surface area contributed by atoms with E-state index in [0.29, 0.717) is 17.5 Å². The highest BCUT2D eigenvalue weighted by atomic mass is 32.1. The second-order valence-corrected chi connectivity index (χ2v) is 4.62. The third-order valence-electron chi connectivity index (χ3n) is 2.18. The molecule has 0 N–H and O–H groups in total. The molecule has 4 heteroatoms. The maximum Gasteiger partial charge on any atom is 0.248 e. The van der Waals surface area contributed by atoms with Crippen LogP contribution in [0.15, 0.2) is 6.20 Å². The Balaban J connectivity index is 1.92. The molecule has 0 unspecified atom stereocenters. The maximum atomic E-state index is 11.2. The zero-order chi connectivity index (χ0) is 9.97. The molecule has 1 aliphatic rings. The van der Waals surface area contributed by atoms with Gasteiger partial charge in [0.1, 0.15) is 0 Å². The van der Waals surface area contributed by atoms with Gasteiger partial charge in [0.15, 0.2) is 0 Å². The van der Waals surface area contributed by atoms with Crippen LogP contribution < -0.4 is 5.32 Å². The summed E-state index contributed by atoms with van der Waals surface area (Å²) in [6.07, 6.45) is 5.77. The van der Waals surface area contributed by atoms with Gasteiger partial charge < -0.3 is 0 Å². The van der Waals surface area contributed by atoms with E-state index in [9.17, 15) is 4.79 Å². The van der Waals surface area contributed by atoms with E-state index in [4.69, 9.17) is 0 Å². The van der Waals surface area contributed by atoms with E-state index in [1.165, 1.54) is 17.7 Å². The third-order valence-corrected chi connectivity index (χ3v) is 3.23. The fraction of sp³-hybridized carbons (Fsp3) is 0.600. The van der Waals surface area contributed by atoms with Crippen LogP contribution in [0.25, 0.3) is 0 Å². The fourth-order valence-corrected chi connectivity index (χ4v) is 2.23. The van der Waals surface area contributed by atoms with Crippen molar-refractivity contribution in [1.82, 2.24) is 10.3 Å². The van der Waals surface area contributed by atoms with E-state index < -0.39 is 0 Å². The minimum absolute atomic E-state index is 0.0517. The summed E-state index contributed by atoms with van der Waals surface area (Å²) >= 11 is 1.56. The SMILES string of the molecule is CCCC(=O)[N]c1ncc(C2CC2)s1. The molecule has 1 aromatic heterocycles. The van der Waals surface area contributed by atoms with E-state index in [2.05, 4.69) is 10.3 Å². The first-order chi connectivity index (χ1) is 6.79. The summed E-state index contributed by atoms with van der Waals surface area (Å²) in [5.74, 6) is 0.655. The van der Waals surface area contributed by atoms with Gasteiger partial charge in [-0.05, 0) is 25.2 Å². The summed E-state index contributed by atoms with van der Waals surface area (Å²) in [4.78, 5) is 16.6. The largest absolute Gasteiger partial charge is 0.273 e. The van der Waals surface area contributed by atoms with E-state index in [1.54, 1.807) is 11.3 Å². The molecule has 0 spiro atoms. The van der Waals surface area contributed by atoms with Crippen LogP contribution in [0, 0.1) is 0 Å². The Hall–Kier alpha value is -0.900. The van der Waals surface area contributed by atoms with Gasteiger partial charge in [-0.1, -0.05) is 18.3 Å². The molecule has 1 aromatic rings. The Labute approximate surface area is 87.6 Å². The Morgan fingerprint density at radius 1 is 1.71 bits per heavy atom. The molecule has 1 saturated carbocycles. The smallest absolute Gasteiger partial charge is 0.248 e. The minimum Gasteiger partial charge on any atom is -0.273 e. The summed E-state index contributed by atoms with van der Waals surface area (Å²) in [7, 11) is 0. The second-order valence-electron chi connectivity index (χ2n) is 3.58. The highest BCUT2D eigenvalue weighted by Crippen LogP contribution is 2.43. The second kappa shape index (κ2) is 4.09. The van der Waals surface area contributed by atoms with Crippen LogP contribution >= 0.6 is 11.3 Å². The van der Waals surface area contributed by atoms with Crippen molar-refractivity contribution >= 4 is 22.4 Å². The van der Waals surface area contributed by atoms with E-state index >= 15 is 0 Å². The van der Waals surface area contributed by atoms with Crippen molar-refractivity contribution in [3.05, 3.63) is 11.1 Å². The predicted molar refractivity (Wildman–Crippen MR) is 55.8 cm³/mol. The molecular weight excluding hydrogens is 196 g/mol. The molecule has 14 heavy (non-hydrogen) atoms. The van der Waals surface area contributed by atoms with Crippen LogP contribution in [0.2, 0.25) is 0 Å². The molecule has 1 radical (unpaired) electrons. The van der Waals surface area contributed by atoms with Gasteiger partial charge in [0.05, 0.1) is 0 Å². The number of aromatic nitrogens is 1. The highest BCUT2D eigenvalue weighted by molar-refractivity contribution is 7.15. The van der Waals surface area contributed by atoms with Gasteiger partial charge >= 0.3 is 0 Å². The number of nitrogens with zero attached hydrogens (tertiary/aromatic N) is 2. The highest BCUT2D eigenvalue weighted by Gasteiger charge is 2.26. The van der Waals surface area contributed by atoms with Crippen molar-refractivity contribution < 1.29 is 4.79 Å². The van der Waals surface area contributed by atoms with Crippen molar-refractivity contribution in [2.24, 2.45) is 0 Å². The number of carbonyl (C=O) groups excluding carboxylic acids is 1. The quantitative estimate of drug-likeness (QED) is 0.765. The van der Waals surface area contributed by atoms with Gasteiger partial charge in [-0.15, -0.1) is 0 Å². The minimum atomic E-state index is -0.0517. The maximum absolute atomic E-state index is 11.2. The third kappa shape index (κ3) is 2.32. The first-order valence-electron chi connectivity index (χ1n) is 5.00. The zero-order valence-electron chi connectivity index (χ0n) is 8.19. The van der Waals surface area contributed by atoms with Gasteiger partial charge in [0.2, 0.25) is 11.0 Å². The molecule has 1 fully saturated rings. The predicted octanol–water partition coefficient (Wildman–Crippen LogP) is 2.58. The number of rotatable bonds is 4. The van der Waals surface area contributed by atoms with Gasteiger partial charge in [-0.25, -0.2) is 4.98 Å². The van der Waals surface area contributed by atoms with Gasteiger partial charge in [-0.2, -0.15) is 5.32 Å². The molecule has 0 saturated heterocycles. The van der Waals surface area contributed by atoms with Crippen LogP contribution in [0.1, 0.15) is 43.4 Å². The van der Waals surface area contributed by atoms with Crippen LogP contribution in [0.3, 0.4) is 0 Å². The molecule has 2 rings (SSSR count). The van der Waals surface area contributed by atoms with Crippen LogP contribution in [-0.4, -0.2) is 10.9 Å². The standard InChI is InChI=1S/C10H13N2OS/c1-2-3-9(13)12-10-11-6-8(14-10)7-4-5-7/h6-7H,2-5H2,1H3. The first-order valence-corrected chi connectivity index (χ1v) is 5.81. The molecular formula is C10H13N2OS. The number of hydrogen-bond donors (Lipinski definition) is 0. The van der Waals surface area contributed by atoms with Crippen molar-refractivity contribution in [2.45, 2.75) is 38.5 Å². The Kier molecular flexibility index (Phi) is 2.82. The van der Waals surface area contributed by atoms with Crippen molar-refractivity contribution in [1.29, 1.82) is 0 Å². The first kappa shape index (κ1) is 9.65. The Morgan fingerprint density at radius 3 is 3.14 bits per heavy atom. The summed E-state index contributed by atoms with van der Waals surface area (Å²) in [6, 6.07) is 0. The fourth-order valence-electron chi connectivity index (χ4n) is 1.26. The Bertz CT molecular complexity index is 331. The monoisotopic (exact) mass is 209 g/mol. The van der Waals surface area contributed by atoms with E-state index in [-0.39, 0.29) is 5.91 Å². The molecule has 0 aliphatic heterocycles. The lowest BCUT2D eigenvalue weighted by Crippen LogP contribution is -2.08. The van der Waals surface area contributed by atoms with Crippen LogP contribution in [-0.2, 0) is 4.79 Å². The average Bonchev–Trinajstić information content (AvgIpc) is 2.89. The van der Waals surface area contributed by atoms with E-state index in [0.717, 1.165) is 6.42 Å². The molecule has 0 atom stereocenters. The lowest BCUT2D eigenvalue weighted by Gasteiger charge is -1.93. The topological polar surface area (TPSA) is 44.1 Å². The summed E-state index contributed by atoms with van der Waals surface area (Å²) in [6.45, 7) is 1.98. The average molecular weight is 209 g/mol. The van der Waals surface area contributed by atoms with Crippen molar-refractivity contribution in [3.8, 4) is 0 Å². The van der Waals surface area contributed by atoms with Crippen molar-refractivity contribution in [3.63, 3.8) is 0 Å². The normalized spacial score (nSPS) is 15.5. The molecule has 3 nitrogen and oxygen atoms in total. The van der Waals surface area contributed by atoms with Crippen LogP contribution in [0.5, 0.6) is 0 Å². The molecule has 75 valence electrons. The number of thiazole rings is 1. The molecule has 1 amide bonds. The molecule has 0 aromatic carbocycles. The number of carbonyl (C=O) groups is 1. The molecule has 1 aliphatic carbocycles. The zero-order valence-corrected chi connectivity index (χ0v) is 9.01. The van der Waals surface area contributed by atoms with Crippen molar-refractivity contribution in [2.75, 3.05) is 0 Å². The van der Waals surface area contributed by atoms with Gasteiger partial charge in [0, 0.05) is 17.5 Å². The lowest BCUT2D eigenvalue weighted by molar-refractivity contribution is -0.120. The summed E-state index contributed by atoms with van der Waals surface area (Å²) < 4.78 is 0.